The van der Waals surface area contributed by atoms with E-state index in [1.807, 2.05) is 24.4 Å². The SMILES string of the molecule is CN=C(NCc1ccnc(-n2cccn2)c1)NC(C)CCC(C)C. The molecule has 2 aromatic rings. The van der Waals surface area contributed by atoms with E-state index < -0.39 is 0 Å². The van der Waals surface area contributed by atoms with Gasteiger partial charge in [0.25, 0.3) is 0 Å². The van der Waals surface area contributed by atoms with Crippen LogP contribution in [0.1, 0.15) is 39.2 Å². The van der Waals surface area contributed by atoms with Crippen LogP contribution in [0, 0.1) is 5.92 Å². The minimum absolute atomic E-state index is 0.399. The molecule has 0 aromatic carbocycles. The topological polar surface area (TPSA) is 67.1 Å². The van der Waals surface area contributed by atoms with Crippen LogP contribution in [0.2, 0.25) is 0 Å². The Hall–Kier alpha value is -2.37. The molecule has 1 atom stereocenters. The van der Waals surface area contributed by atoms with Crippen LogP contribution in [0.25, 0.3) is 5.82 Å². The fourth-order valence-corrected chi connectivity index (χ4v) is 2.37. The highest BCUT2D eigenvalue weighted by molar-refractivity contribution is 5.79. The van der Waals surface area contributed by atoms with E-state index in [0.29, 0.717) is 12.6 Å². The average Bonchev–Trinajstić information content (AvgIpc) is 3.11. The molecule has 1 unspecified atom stereocenters. The summed E-state index contributed by atoms with van der Waals surface area (Å²) in [5, 5.41) is 11.0. The first-order valence-corrected chi connectivity index (χ1v) is 8.50. The summed E-state index contributed by atoms with van der Waals surface area (Å²) in [6, 6.07) is 6.30. The molecule has 2 aromatic heterocycles. The Morgan fingerprint density at radius 1 is 1.25 bits per heavy atom. The zero-order valence-electron chi connectivity index (χ0n) is 15.0. The van der Waals surface area contributed by atoms with Gasteiger partial charge in [0, 0.05) is 38.2 Å². The molecule has 6 heteroatoms. The summed E-state index contributed by atoms with van der Waals surface area (Å²) in [5.41, 5.74) is 1.13. The maximum Gasteiger partial charge on any atom is 0.191 e. The smallest absolute Gasteiger partial charge is 0.191 e. The second-order valence-corrected chi connectivity index (χ2v) is 6.42. The summed E-state index contributed by atoms with van der Waals surface area (Å²) >= 11 is 0. The van der Waals surface area contributed by atoms with Crippen LogP contribution in [0.4, 0.5) is 0 Å². The number of hydrogen-bond donors (Lipinski definition) is 2. The van der Waals surface area contributed by atoms with Crippen molar-refractivity contribution in [3.8, 4) is 5.82 Å². The van der Waals surface area contributed by atoms with Gasteiger partial charge in [-0.05, 0) is 49.4 Å². The molecule has 0 saturated carbocycles. The van der Waals surface area contributed by atoms with Gasteiger partial charge in [0.05, 0.1) is 0 Å². The highest BCUT2D eigenvalue weighted by Crippen LogP contribution is 2.07. The van der Waals surface area contributed by atoms with Crippen LogP contribution in [0.15, 0.2) is 41.8 Å². The number of nitrogens with one attached hydrogen (secondary N) is 2. The zero-order valence-corrected chi connectivity index (χ0v) is 15.0. The van der Waals surface area contributed by atoms with E-state index in [1.54, 1.807) is 24.1 Å². The Balaban J connectivity index is 1.88. The molecule has 0 spiro atoms. The minimum Gasteiger partial charge on any atom is -0.354 e. The maximum absolute atomic E-state index is 4.35. The lowest BCUT2D eigenvalue weighted by atomic mass is 10.0. The van der Waals surface area contributed by atoms with Crippen molar-refractivity contribution >= 4 is 5.96 Å². The molecule has 0 amide bonds. The molecule has 0 aliphatic rings. The standard InChI is InChI=1S/C18H28N6/c1-14(2)6-7-15(3)23-18(19-4)21-13-16-8-10-20-17(12-16)24-11-5-9-22-24/h5,8-12,14-15H,6-7,13H2,1-4H3,(H2,19,21,23). The second-order valence-electron chi connectivity index (χ2n) is 6.42. The van der Waals surface area contributed by atoms with E-state index in [-0.39, 0.29) is 0 Å². The summed E-state index contributed by atoms with van der Waals surface area (Å²) in [6.45, 7) is 7.38. The normalized spacial score (nSPS) is 13.1. The molecule has 2 rings (SSSR count). The molecule has 130 valence electrons. The monoisotopic (exact) mass is 328 g/mol. The zero-order chi connectivity index (χ0) is 17.4. The summed E-state index contributed by atoms with van der Waals surface area (Å²) in [5.74, 6) is 2.36. The second kappa shape index (κ2) is 9.05. The number of aromatic nitrogens is 3. The highest BCUT2D eigenvalue weighted by Gasteiger charge is 2.07. The summed E-state index contributed by atoms with van der Waals surface area (Å²) in [7, 11) is 1.80. The number of nitrogens with zero attached hydrogens (tertiary/aromatic N) is 4. The van der Waals surface area contributed by atoms with Gasteiger partial charge in [-0.3, -0.25) is 4.99 Å². The molecule has 24 heavy (non-hydrogen) atoms. The lowest BCUT2D eigenvalue weighted by Gasteiger charge is -2.18. The van der Waals surface area contributed by atoms with Gasteiger partial charge in [-0.25, -0.2) is 9.67 Å². The summed E-state index contributed by atoms with van der Waals surface area (Å²) in [6.07, 6.45) is 7.78. The molecule has 0 bridgehead atoms. The quantitative estimate of drug-likeness (QED) is 0.606. The van der Waals surface area contributed by atoms with Crippen LogP contribution < -0.4 is 10.6 Å². The Bertz CT molecular complexity index is 633. The van der Waals surface area contributed by atoms with Crippen molar-refractivity contribution in [3.63, 3.8) is 0 Å². The Morgan fingerprint density at radius 3 is 2.75 bits per heavy atom. The van der Waals surface area contributed by atoms with Crippen molar-refractivity contribution in [2.45, 2.75) is 46.2 Å². The highest BCUT2D eigenvalue weighted by atomic mass is 15.3. The van der Waals surface area contributed by atoms with E-state index in [4.69, 9.17) is 0 Å². The molecule has 0 aliphatic carbocycles. The third-order valence-electron chi connectivity index (χ3n) is 3.79. The average molecular weight is 328 g/mol. The third-order valence-corrected chi connectivity index (χ3v) is 3.79. The first-order valence-electron chi connectivity index (χ1n) is 8.50. The van der Waals surface area contributed by atoms with E-state index >= 15 is 0 Å². The van der Waals surface area contributed by atoms with E-state index in [9.17, 15) is 0 Å². The van der Waals surface area contributed by atoms with Gasteiger partial charge in [0.2, 0.25) is 0 Å². The molecular weight excluding hydrogens is 300 g/mol. The number of hydrogen-bond acceptors (Lipinski definition) is 3. The molecular formula is C18H28N6. The Kier molecular flexibility index (Phi) is 6.78. The van der Waals surface area contributed by atoms with Gasteiger partial charge in [-0.1, -0.05) is 13.8 Å². The van der Waals surface area contributed by atoms with Crippen LogP contribution in [0.3, 0.4) is 0 Å². The van der Waals surface area contributed by atoms with Gasteiger partial charge in [-0.2, -0.15) is 5.10 Å². The molecule has 0 radical (unpaired) electrons. The summed E-state index contributed by atoms with van der Waals surface area (Å²) in [4.78, 5) is 8.65. The van der Waals surface area contributed by atoms with Crippen molar-refractivity contribution in [2.24, 2.45) is 10.9 Å². The van der Waals surface area contributed by atoms with Gasteiger partial charge in [0.15, 0.2) is 11.8 Å². The predicted molar refractivity (Wildman–Crippen MR) is 98.2 cm³/mol. The fourth-order valence-electron chi connectivity index (χ4n) is 2.37. The number of guanidine groups is 1. The molecule has 0 saturated heterocycles. The van der Waals surface area contributed by atoms with Crippen LogP contribution in [-0.4, -0.2) is 33.8 Å². The van der Waals surface area contributed by atoms with Crippen LogP contribution >= 0.6 is 0 Å². The Morgan fingerprint density at radius 2 is 2.08 bits per heavy atom. The van der Waals surface area contributed by atoms with Crippen molar-refractivity contribution < 1.29 is 0 Å². The van der Waals surface area contributed by atoms with Crippen LogP contribution in [-0.2, 0) is 6.54 Å². The van der Waals surface area contributed by atoms with Crippen LogP contribution in [0.5, 0.6) is 0 Å². The first-order chi connectivity index (χ1) is 11.6. The number of rotatable bonds is 7. The third kappa shape index (κ3) is 5.68. The number of aliphatic imine (C=N–C) groups is 1. The fraction of sp³-hybridized carbons (Fsp3) is 0.500. The lowest BCUT2D eigenvalue weighted by molar-refractivity contribution is 0.489. The minimum atomic E-state index is 0.399. The molecule has 2 heterocycles. The molecule has 2 N–H and O–H groups in total. The predicted octanol–water partition coefficient (Wildman–Crippen LogP) is 2.76. The van der Waals surface area contributed by atoms with Gasteiger partial charge in [-0.15, -0.1) is 0 Å². The van der Waals surface area contributed by atoms with Crippen molar-refractivity contribution in [3.05, 3.63) is 42.4 Å². The van der Waals surface area contributed by atoms with Crippen molar-refractivity contribution in [1.29, 1.82) is 0 Å². The molecule has 6 nitrogen and oxygen atoms in total. The summed E-state index contributed by atoms with van der Waals surface area (Å²) < 4.78 is 1.75. The number of pyridine rings is 1. The lowest BCUT2D eigenvalue weighted by Crippen LogP contribution is -2.41. The van der Waals surface area contributed by atoms with Crippen molar-refractivity contribution in [1.82, 2.24) is 25.4 Å². The first kappa shape index (κ1) is 18.0. The molecule has 0 aliphatic heterocycles. The largest absolute Gasteiger partial charge is 0.354 e. The van der Waals surface area contributed by atoms with Crippen molar-refractivity contribution in [2.75, 3.05) is 7.05 Å². The Labute approximate surface area is 144 Å². The van der Waals surface area contributed by atoms with Gasteiger partial charge < -0.3 is 10.6 Å². The van der Waals surface area contributed by atoms with E-state index in [2.05, 4.69) is 46.5 Å². The van der Waals surface area contributed by atoms with E-state index in [1.165, 1.54) is 6.42 Å². The maximum atomic E-state index is 4.35. The van der Waals surface area contributed by atoms with E-state index in [0.717, 1.165) is 29.7 Å². The van der Waals surface area contributed by atoms with Gasteiger partial charge in [0.1, 0.15) is 0 Å². The molecule has 0 fully saturated rings. The van der Waals surface area contributed by atoms with Gasteiger partial charge >= 0.3 is 0 Å².